The SMILES string of the molecule is COc1ncc(C(C)(C)N)c2cc(Nc3ccnc(N4CCC[C@@H]4C)n3)ncc12. The third kappa shape index (κ3) is 3.80. The van der Waals surface area contributed by atoms with Crippen molar-refractivity contribution in [2.75, 3.05) is 23.9 Å². The van der Waals surface area contributed by atoms with Crippen molar-refractivity contribution < 1.29 is 4.74 Å². The molecule has 8 heteroatoms. The van der Waals surface area contributed by atoms with Crippen LogP contribution >= 0.6 is 0 Å². The third-order valence-corrected chi connectivity index (χ3v) is 5.33. The lowest BCUT2D eigenvalue weighted by Crippen LogP contribution is -2.29. The van der Waals surface area contributed by atoms with E-state index in [-0.39, 0.29) is 0 Å². The number of anilines is 3. The molecule has 0 spiro atoms. The topological polar surface area (TPSA) is 102 Å². The molecule has 0 aliphatic carbocycles. The van der Waals surface area contributed by atoms with Crippen LogP contribution in [0.3, 0.4) is 0 Å². The summed E-state index contributed by atoms with van der Waals surface area (Å²) in [4.78, 5) is 20.3. The van der Waals surface area contributed by atoms with Gasteiger partial charge in [0.1, 0.15) is 11.6 Å². The number of rotatable bonds is 5. The highest BCUT2D eigenvalue weighted by atomic mass is 16.5. The monoisotopic (exact) mass is 393 g/mol. The first-order chi connectivity index (χ1) is 13.9. The van der Waals surface area contributed by atoms with Gasteiger partial charge in [-0.25, -0.2) is 15.0 Å². The lowest BCUT2D eigenvalue weighted by Gasteiger charge is -2.22. The summed E-state index contributed by atoms with van der Waals surface area (Å²) in [6.07, 6.45) is 7.63. The molecule has 3 aromatic rings. The van der Waals surface area contributed by atoms with E-state index in [1.807, 2.05) is 26.0 Å². The van der Waals surface area contributed by atoms with Crippen molar-refractivity contribution in [1.29, 1.82) is 0 Å². The van der Waals surface area contributed by atoms with Gasteiger partial charge in [-0.1, -0.05) is 0 Å². The predicted molar refractivity (Wildman–Crippen MR) is 115 cm³/mol. The molecule has 8 nitrogen and oxygen atoms in total. The number of fused-ring (bicyclic) bond motifs is 1. The molecule has 3 aromatic heterocycles. The van der Waals surface area contributed by atoms with E-state index in [4.69, 9.17) is 10.5 Å². The second-order valence-electron chi connectivity index (χ2n) is 8.07. The lowest BCUT2D eigenvalue weighted by atomic mass is 9.93. The summed E-state index contributed by atoms with van der Waals surface area (Å²) in [5, 5.41) is 5.07. The van der Waals surface area contributed by atoms with Crippen molar-refractivity contribution >= 4 is 28.4 Å². The summed E-state index contributed by atoms with van der Waals surface area (Å²) < 4.78 is 5.40. The van der Waals surface area contributed by atoms with E-state index in [2.05, 4.69) is 37.1 Å². The number of aromatic nitrogens is 4. The minimum absolute atomic E-state index is 0.457. The molecule has 0 unspecified atom stereocenters. The number of methoxy groups -OCH3 is 1. The minimum atomic E-state index is -0.551. The Morgan fingerprint density at radius 1 is 1.17 bits per heavy atom. The summed E-state index contributed by atoms with van der Waals surface area (Å²) in [5.41, 5.74) is 6.74. The van der Waals surface area contributed by atoms with Crippen LogP contribution in [-0.4, -0.2) is 39.6 Å². The second kappa shape index (κ2) is 7.44. The van der Waals surface area contributed by atoms with Crippen LogP contribution in [0.5, 0.6) is 5.88 Å². The molecular formula is C21H27N7O. The average molecular weight is 393 g/mol. The maximum atomic E-state index is 6.37. The molecule has 152 valence electrons. The fourth-order valence-corrected chi connectivity index (χ4v) is 3.77. The van der Waals surface area contributed by atoms with Crippen LogP contribution in [0.2, 0.25) is 0 Å². The molecule has 1 aliphatic rings. The molecule has 0 aromatic carbocycles. The Kier molecular flexibility index (Phi) is 4.96. The molecule has 4 rings (SSSR count). The van der Waals surface area contributed by atoms with Gasteiger partial charge >= 0.3 is 0 Å². The zero-order valence-electron chi connectivity index (χ0n) is 17.3. The number of hydrogen-bond acceptors (Lipinski definition) is 8. The van der Waals surface area contributed by atoms with Crippen molar-refractivity contribution in [2.24, 2.45) is 5.73 Å². The quantitative estimate of drug-likeness (QED) is 0.680. The fourth-order valence-electron chi connectivity index (χ4n) is 3.77. The largest absolute Gasteiger partial charge is 0.481 e. The number of hydrogen-bond donors (Lipinski definition) is 2. The van der Waals surface area contributed by atoms with Crippen molar-refractivity contribution in [3.8, 4) is 5.88 Å². The highest BCUT2D eigenvalue weighted by Crippen LogP contribution is 2.32. The molecule has 3 N–H and O–H groups in total. The number of ether oxygens (including phenoxy) is 1. The van der Waals surface area contributed by atoms with E-state index in [1.54, 1.807) is 25.7 Å². The molecule has 1 saturated heterocycles. The Balaban J connectivity index is 1.70. The molecule has 0 saturated carbocycles. The number of nitrogens with one attached hydrogen (secondary N) is 1. The van der Waals surface area contributed by atoms with Crippen LogP contribution in [0.15, 0.2) is 30.7 Å². The summed E-state index contributed by atoms with van der Waals surface area (Å²) in [5.74, 6) is 2.65. The van der Waals surface area contributed by atoms with Gasteiger partial charge in [-0.2, -0.15) is 4.98 Å². The first kappa shape index (κ1) is 19.3. The van der Waals surface area contributed by atoms with E-state index in [0.717, 1.165) is 28.8 Å². The first-order valence-electron chi connectivity index (χ1n) is 9.85. The zero-order chi connectivity index (χ0) is 20.6. The smallest absolute Gasteiger partial charge is 0.227 e. The molecule has 4 heterocycles. The van der Waals surface area contributed by atoms with Crippen molar-refractivity contribution in [1.82, 2.24) is 19.9 Å². The van der Waals surface area contributed by atoms with Crippen LogP contribution in [-0.2, 0) is 5.54 Å². The maximum absolute atomic E-state index is 6.37. The van der Waals surface area contributed by atoms with Gasteiger partial charge in [-0.05, 0) is 56.7 Å². The molecule has 29 heavy (non-hydrogen) atoms. The first-order valence-corrected chi connectivity index (χ1v) is 9.85. The number of nitrogens with zero attached hydrogens (tertiary/aromatic N) is 5. The van der Waals surface area contributed by atoms with Gasteiger partial charge in [0.15, 0.2) is 0 Å². The molecular weight excluding hydrogens is 366 g/mol. The number of nitrogens with two attached hydrogens (primary N) is 1. The van der Waals surface area contributed by atoms with Crippen LogP contribution in [0, 0.1) is 0 Å². The van der Waals surface area contributed by atoms with Gasteiger partial charge in [-0.15, -0.1) is 0 Å². The van der Waals surface area contributed by atoms with Crippen molar-refractivity contribution in [2.45, 2.75) is 45.2 Å². The van der Waals surface area contributed by atoms with E-state index in [9.17, 15) is 0 Å². The Labute approximate surface area is 170 Å². The molecule has 0 bridgehead atoms. The predicted octanol–water partition coefficient (Wildman–Crippen LogP) is 3.35. The highest BCUT2D eigenvalue weighted by Gasteiger charge is 2.23. The van der Waals surface area contributed by atoms with Gasteiger partial charge < -0.3 is 20.7 Å². The van der Waals surface area contributed by atoms with E-state index >= 15 is 0 Å². The van der Waals surface area contributed by atoms with Crippen molar-refractivity contribution in [3.05, 3.63) is 36.3 Å². The van der Waals surface area contributed by atoms with Gasteiger partial charge in [-0.3, -0.25) is 0 Å². The standard InChI is InChI=1S/C21H27N7O/c1-13-6-5-9-28(13)20-23-8-7-17(27-20)26-18-10-14-15(11-24-18)19(29-4)25-12-16(14)21(2,3)22/h7-8,10-13H,5-6,9,22H2,1-4H3,(H,23,24,26,27)/t13-/m0/s1. The van der Waals surface area contributed by atoms with Crippen LogP contribution in [0.25, 0.3) is 10.8 Å². The van der Waals surface area contributed by atoms with Gasteiger partial charge in [0, 0.05) is 36.7 Å². The summed E-state index contributed by atoms with van der Waals surface area (Å²) in [6.45, 7) is 7.11. The van der Waals surface area contributed by atoms with Gasteiger partial charge in [0.2, 0.25) is 11.8 Å². The maximum Gasteiger partial charge on any atom is 0.227 e. The van der Waals surface area contributed by atoms with Crippen LogP contribution in [0.1, 0.15) is 39.2 Å². The Bertz CT molecular complexity index is 1030. The van der Waals surface area contributed by atoms with Crippen molar-refractivity contribution in [3.63, 3.8) is 0 Å². The summed E-state index contributed by atoms with van der Waals surface area (Å²) >= 11 is 0. The van der Waals surface area contributed by atoms with Gasteiger partial charge in [0.25, 0.3) is 0 Å². The Morgan fingerprint density at radius 2 is 2.00 bits per heavy atom. The van der Waals surface area contributed by atoms with E-state index in [1.165, 1.54) is 12.8 Å². The van der Waals surface area contributed by atoms with Crippen LogP contribution < -0.4 is 20.7 Å². The summed E-state index contributed by atoms with van der Waals surface area (Å²) in [7, 11) is 1.60. The van der Waals surface area contributed by atoms with Crippen LogP contribution in [0.4, 0.5) is 17.6 Å². The minimum Gasteiger partial charge on any atom is -0.481 e. The zero-order valence-corrected chi connectivity index (χ0v) is 17.3. The third-order valence-electron chi connectivity index (χ3n) is 5.33. The lowest BCUT2D eigenvalue weighted by molar-refractivity contribution is 0.402. The number of pyridine rings is 2. The molecule has 1 atom stereocenters. The highest BCUT2D eigenvalue weighted by molar-refractivity contribution is 5.91. The molecule has 0 amide bonds. The molecule has 0 radical (unpaired) electrons. The van der Waals surface area contributed by atoms with E-state index in [0.29, 0.717) is 23.6 Å². The average Bonchev–Trinajstić information content (AvgIpc) is 3.12. The summed E-state index contributed by atoms with van der Waals surface area (Å²) in [6, 6.07) is 4.26. The molecule has 1 fully saturated rings. The Morgan fingerprint density at radius 3 is 2.69 bits per heavy atom. The second-order valence-corrected chi connectivity index (χ2v) is 8.07. The molecule has 1 aliphatic heterocycles. The fraction of sp³-hybridized carbons (Fsp3) is 0.429. The normalized spacial score (nSPS) is 17.0. The van der Waals surface area contributed by atoms with E-state index < -0.39 is 5.54 Å². The Hall–Kier alpha value is -3.00. The van der Waals surface area contributed by atoms with Gasteiger partial charge in [0.05, 0.1) is 12.5 Å².